The van der Waals surface area contributed by atoms with E-state index in [0.29, 0.717) is 12.2 Å². The van der Waals surface area contributed by atoms with Crippen LogP contribution in [0.2, 0.25) is 0 Å². The minimum atomic E-state index is -0.254. The molecule has 4 atom stereocenters. The van der Waals surface area contributed by atoms with Crippen LogP contribution in [0.15, 0.2) is 0 Å². The summed E-state index contributed by atoms with van der Waals surface area (Å²) in [7, 11) is 0. The molecule has 1 aliphatic heterocycles. The van der Waals surface area contributed by atoms with Crippen LogP contribution in [0, 0.1) is 17.8 Å². The molecule has 0 N–H and O–H groups in total. The lowest BCUT2D eigenvalue weighted by atomic mass is 9.95. The molecule has 2 fully saturated rings. The van der Waals surface area contributed by atoms with E-state index in [-0.39, 0.29) is 5.79 Å². The van der Waals surface area contributed by atoms with Gasteiger partial charge in [-0.2, -0.15) is 0 Å². The zero-order chi connectivity index (χ0) is 32.4. The molecule has 0 aromatic heterocycles. The summed E-state index contributed by atoms with van der Waals surface area (Å²) in [5.74, 6) is 2.39. The molecule has 0 spiro atoms. The Hall–Kier alpha value is -0.0800. The van der Waals surface area contributed by atoms with Gasteiger partial charge in [0.15, 0.2) is 5.79 Å². The molecular weight excluding hydrogens is 548 g/mol. The SMILES string of the molecule is CCCCCCC(C)CCCCCCCCCCCC1(CCCCCCCCCC(C)CCCCCC)OC2CC(C)CC2O1. The standard InChI is InChI=1S/C43H84O2/c1-6-8-10-24-30-38(3)32-26-20-16-13-12-14-18-22-28-34-43(44-41-36-40(5)37-42(41)45-43)35-29-23-19-15-17-21-27-33-39(4)31-25-11-9-7-2/h38-42H,6-37H2,1-5H3. The van der Waals surface area contributed by atoms with Crippen LogP contribution in [0.1, 0.15) is 240 Å². The van der Waals surface area contributed by atoms with Crippen LogP contribution in [0.3, 0.4) is 0 Å². The Kier molecular flexibility index (Phi) is 24.5. The van der Waals surface area contributed by atoms with Crippen molar-refractivity contribution in [3.05, 3.63) is 0 Å². The molecule has 2 rings (SSSR count). The molecule has 4 unspecified atom stereocenters. The van der Waals surface area contributed by atoms with Crippen LogP contribution >= 0.6 is 0 Å². The van der Waals surface area contributed by atoms with E-state index in [1.54, 1.807) is 0 Å². The summed E-state index contributed by atoms with van der Waals surface area (Å²) in [6, 6.07) is 0. The summed E-state index contributed by atoms with van der Waals surface area (Å²) in [6.07, 6.45) is 45.0. The third-order valence-corrected chi connectivity index (χ3v) is 11.5. The number of ether oxygens (including phenoxy) is 2. The zero-order valence-corrected chi connectivity index (χ0v) is 31.8. The Morgan fingerprint density at radius 1 is 0.444 bits per heavy atom. The van der Waals surface area contributed by atoms with E-state index in [9.17, 15) is 0 Å². The molecule has 2 nitrogen and oxygen atoms in total. The lowest BCUT2D eigenvalue weighted by molar-refractivity contribution is -0.192. The molecule has 0 amide bonds. The quantitative estimate of drug-likeness (QED) is 0.0687. The molecule has 1 aliphatic carbocycles. The fraction of sp³-hybridized carbons (Fsp3) is 1.00. The predicted octanol–water partition coefficient (Wildman–Crippen LogP) is 14.9. The van der Waals surface area contributed by atoms with Crippen molar-refractivity contribution >= 4 is 0 Å². The molecule has 1 heterocycles. The third kappa shape index (κ3) is 20.1. The zero-order valence-electron chi connectivity index (χ0n) is 31.8. The van der Waals surface area contributed by atoms with Crippen LogP contribution in [0.4, 0.5) is 0 Å². The molecule has 0 aromatic carbocycles. The number of hydrogen-bond donors (Lipinski definition) is 0. The van der Waals surface area contributed by atoms with E-state index in [1.807, 2.05) is 0 Å². The first-order chi connectivity index (χ1) is 22.0. The largest absolute Gasteiger partial charge is 0.344 e. The molecule has 45 heavy (non-hydrogen) atoms. The van der Waals surface area contributed by atoms with Gasteiger partial charge in [0.25, 0.3) is 0 Å². The van der Waals surface area contributed by atoms with Gasteiger partial charge in [-0.15, -0.1) is 0 Å². The van der Waals surface area contributed by atoms with Crippen molar-refractivity contribution in [1.29, 1.82) is 0 Å². The molecule has 1 saturated carbocycles. The van der Waals surface area contributed by atoms with Gasteiger partial charge in [-0.3, -0.25) is 0 Å². The van der Waals surface area contributed by atoms with Crippen LogP contribution in [0.5, 0.6) is 0 Å². The summed E-state index contributed by atoms with van der Waals surface area (Å²) < 4.78 is 13.6. The molecule has 268 valence electrons. The molecule has 2 aliphatic rings. The summed E-state index contributed by atoms with van der Waals surface area (Å²) >= 11 is 0. The molecule has 0 aromatic rings. The van der Waals surface area contributed by atoms with E-state index < -0.39 is 0 Å². The maximum atomic E-state index is 6.78. The van der Waals surface area contributed by atoms with Crippen LogP contribution in [0.25, 0.3) is 0 Å². The maximum Gasteiger partial charge on any atom is 0.169 e. The smallest absolute Gasteiger partial charge is 0.169 e. The van der Waals surface area contributed by atoms with Crippen molar-refractivity contribution in [2.45, 2.75) is 258 Å². The number of hydrogen-bond acceptors (Lipinski definition) is 2. The lowest BCUT2D eigenvalue weighted by Crippen LogP contribution is -2.32. The topological polar surface area (TPSA) is 18.5 Å². The minimum Gasteiger partial charge on any atom is -0.344 e. The van der Waals surface area contributed by atoms with E-state index >= 15 is 0 Å². The van der Waals surface area contributed by atoms with Crippen LogP contribution in [-0.2, 0) is 9.47 Å². The van der Waals surface area contributed by atoms with Crippen molar-refractivity contribution in [3.63, 3.8) is 0 Å². The van der Waals surface area contributed by atoms with Gasteiger partial charge in [-0.1, -0.05) is 202 Å². The molecular formula is C43H84O2. The van der Waals surface area contributed by atoms with Gasteiger partial charge in [0.05, 0.1) is 12.2 Å². The Labute approximate surface area is 284 Å². The number of rotatable bonds is 32. The highest BCUT2D eigenvalue weighted by atomic mass is 16.8. The first kappa shape index (κ1) is 41.1. The van der Waals surface area contributed by atoms with Gasteiger partial charge in [0, 0.05) is 12.8 Å². The van der Waals surface area contributed by atoms with Crippen molar-refractivity contribution in [2.75, 3.05) is 0 Å². The van der Waals surface area contributed by atoms with Gasteiger partial charge < -0.3 is 9.47 Å². The second-order valence-electron chi connectivity index (χ2n) is 16.4. The summed E-state index contributed by atoms with van der Waals surface area (Å²) in [5.41, 5.74) is 0. The summed E-state index contributed by atoms with van der Waals surface area (Å²) in [5, 5.41) is 0. The van der Waals surface area contributed by atoms with Crippen molar-refractivity contribution in [3.8, 4) is 0 Å². The summed E-state index contributed by atoms with van der Waals surface area (Å²) in [6.45, 7) is 11.9. The number of fused-ring (bicyclic) bond motifs is 1. The van der Waals surface area contributed by atoms with Crippen LogP contribution in [-0.4, -0.2) is 18.0 Å². The summed E-state index contributed by atoms with van der Waals surface area (Å²) in [4.78, 5) is 0. The van der Waals surface area contributed by atoms with Gasteiger partial charge in [-0.05, 0) is 43.4 Å². The Morgan fingerprint density at radius 3 is 1.07 bits per heavy atom. The fourth-order valence-corrected chi connectivity index (χ4v) is 8.40. The minimum absolute atomic E-state index is 0.254. The highest BCUT2D eigenvalue weighted by Gasteiger charge is 2.50. The average molecular weight is 633 g/mol. The molecule has 1 saturated heterocycles. The van der Waals surface area contributed by atoms with Gasteiger partial charge in [0.1, 0.15) is 0 Å². The van der Waals surface area contributed by atoms with Crippen molar-refractivity contribution in [1.82, 2.24) is 0 Å². The highest BCUT2D eigenvalue weighted by Crippen LogP contribution is 2.45. The molecule has 0 bridgehead atoms. The Balaban J connectivity index is 1.48. The maximum absolute atomic E-state index is 6.78. The monoisotopic (exact) mass is 633 g/mol. The van der Waals surface area contributed by atoms with Crippen molar-refractivity contribution < 1.29 is 9.47 Å². The fourth-order valence-electron chi connectivity index (χ4n) is 8.40. The first-order valence-electron chi connectivity index (χ1n) is 21.3. The second kappa shape index (κ2) is 26.8. The average Bonchev–Trinajstić information content (AvgIpc) is 3.53. The Morgan fingerprint density at radius 2 is 0.733 bits per heavy atom. The van der Waals surface area contributed by atoms with E-state index in [4.69, 9.17) is 9.47 Å². The van der Waals surface area contributed by atoms with Gasteiger partial charge >= 0.3 is 0 Å². The molecule has 2 heteroatoms. The van der Waals surface area contributed by atoms with E-state index in [1.165, 1.54) is 193 Å². The van der Waals surface area contributed by atoms with Gasteiger partial charge in [-0.25, -0.2) is 0 Å². The molecule has 0 radical (unpaired) electrons. The normalized spacial score (nSPS) is 24.3. The predicted molar refractivity (Wildman–Crippen MR) is 199 cm³/mol. The van der Waals surface area contributed by atoms with Crippen LogP contribution < -0.4 is 0 Å². The highest BCUT2D eigenvalue weighted by molar-refractivity contribution is 4.92. The van der Waals surface area contributed by atoms with Gasteiger partial charge in [0.2, 0.25) is 0 Å². The number of unbranched alkanes of at least 4 members (excludes halogenated alkanes) is 20. The first-order valence-corrected chi connectivity index (χ1v) is 21.3. The third-order valence-electron chi connectivity index (χ3n) is 11.5. The van der Waals surface area contributed by atoms with E-state index in [0.717, 1.165) is 30.6 Å². The van der Waals surface area contributed by atoms with Crippen molar-refractivity contribution in [2.24, 2.45) is 17.8 Å². The van der Waals surface area contributed by atoms with E-state index in [2.05, 4.69) is 34.6 Å². The lowest BCUT2D eigenvalue weighted by Gasteiger charge is -2.30. The second-order valence-corrected chi connectivity index (χ2v) is 16.4. The Bertz CT molecular complexity index is 632.